The molecule has 0 saturated heterocycles. The van der Waals surface area contributed by atoms with Crippen LogP contribution in [-0.4, -0.2) is 16.1 Å². The van der Waals surface area contributed by atoms with E-state index < -0.39 is 5.97 Å². The molecular formula is C25H21NO2. The first kappa shape index (κ1) is 17.9. The van der Waals surface area contributed by atoms with Crippen molar-refractivity contribution in [1.29, 1.82) is 0 Å². The number of aryl methyl sites for hydroxylation is 2. The molecule has 3 aromatic carbocycles. The highest BCUT2D eigenvalue weighted by Crippen LogP contribution is 2.37. The van der Waals surface area contributed by atoms with Crippen LogP contribution in [0.2, 0.25) is 0 Å². The Hall–Kier alpha value is -3.46. The van der Waals surface area contributed by atoms with Crippen LogP contribution in [0.25, 0.3) is 33.3 Å². The van der Waals surface area contributed by atoms with Crippen molar-refractivity contribution in [2.24, 2.45) is 0 Å². The van der Waals surface area contributed by atoms with Crippen molar-refractivity contribution in [3.63, 3.8) is 0 Å². The summed E-state index contributed by atoms with van der Waals surface area (Å²) >= 11 is 0. The molecule has 3 nitrogen and oxygen atoms in total. The molecule has 3 heteroatoms. The number of nitrogens with zero attached hydrogens (tertiary/aromatic N) is 1. The first-order valence-corrected chi connectivity index (χ1v) is 9.31. The summed E-state index contributed by atoms with van der Waals surface area (Å²) in [6, 6.07) is 24.1. The number of carboxylic acid groups (broad SMARTS) is 1. The van der Waals surface area contributed by atoms with E-state index in [0.29, 0.717) is 0 Å². The SMILES string of the molecule is Cc1ccc(-c2nc3ccccc3c(-c3ccccc3)c2CC(=O)O)cc1C. The minimum absolute atomic E-state index is 0.0790. The third kappa shape index (κ3) is 3.27. The van der Waals surface area contributed by atoms with E-state index in [1.807, 2.05) is 60.7 Å². The average Bonchev–Trinajstić information content (AvgIpc) is 2.70. The molecule has 0 aliphatic rings. The Morgan fingerprint density at radius 1 is 0.857 bits per heavy atom. The molecule has 1 heterocycles. The standard InChI is InChI=1S/C25H21NO2/c1-16-12-13-19(14-17(16)2)25-21(15-23(27)28)24(18-8-4-3-5-9-18)20-10-6-7-11-22(20)26-25/h3-14H,15H2,1-2H3,(H,27,28). The number of aliphatic carboxylic acids is 1. The second kappa shape index (κ2) is 7.28. The van der Waals surface area contributed by atoms with Gasteiger partial charge in [0.1, 0.15) is 0 Å². The smallest absolute Gasteiger partial charge is 0.307 e. The molecule has 28 heavy (non-hydrogen) atoms. The Labute approximate surface area is 164 Å². The van der Waals surface area contributed by atoms with Crippen LogP contribution in [0, 0.1) is 13.8 Å². The molecule has 0 aliphatic heterocycles. The molecule has 1 N–H and O–H groups in total. The zero-order valence-corrected chi connectivity index (χ0v) is 15.9. The summed E-state index contributed by atoms with van der Waals surface area (Å²) < 4.78 is 0. The van der Waals surface area contributed by atoms with Gasteiger partial charge in [0.15, 0.2) is 0 Å². The Balaban J connectivity index is 2.12. The van der Waals surface area contributed by atoms with Gasteiger partial charge in [0.2, 0.25) is 0 Å². The van der Waals surface area contributed by atoms with Gasteiger partial charge in [-0.1, -0.05) is 60.7 Å². The Kier molecular flexibility index (Phi) is 4.66. The summed E-state index contributed by atoms with van der Waals surface area (Å²) in [5, 5.41) is 10.6. The lowest BCUT2D eigenvalue weighted by molar-refractivity contribution is -0.136. The van der Waals surface area contributed by atoms with Crippen LogP contribution in [0.3, 0.4) is 0 Å². The fraction of sp³-hybridized carbons (Fsp3) is 0.120. The van der Waals surface area contributed by atoms with Gasteiger partial charge in [-0.05, 0) is 53.8 Å². The first-order valence-electron chi connectivity index (χ1n) is 9.31. The monoisotopic (exact) mass is 367 g/mol. The second-order valence-corrected chi connectivity index (χ2v) is 7.07. The van der Waals surface area contributed by atoms with E-state index in [0.717, 1.165) is 44.4 Å². The van der Waals surface area contributed by atoms with E-state index in [9.17, 15) is 9.90 Å². The number of hydrogen-bond donors (Lipinski definition) is 1. The van der Waals surface area contributed by atoms with Crippen molar-refractivity contribution >= 4 is 16.9 Å². The van der Waals surface area contributed by atoms with Gasteiger partial charge < -0.3 is 5.11 Å². The molecule has 0 amide bonds. The number of fused-ring (bicyclic) bond motifs is 1. The van der Waals surface area contributed by atoms with Crippen LogP contribution in [-0.2, 0) is 11.2 Å². The number of hydrogen-bond acceptors (Lipinski definition) is 2. The number of carboxylic acids is 1. The van der Waals surface area contributed by atoms with Crippen molar-refractivity contribution in [2.75, 3.05) is 0 Å². The summed E-state index contributed by atoms with van der Waals surface area (Å²) in [5.41, 5.74) is 7.61. The molecule has 0 saturated carbocycles. The highest BCUT2D eigenvalue weighted by Gasteiger charge is 2.20. The van der Waals surface area contributed by atoms with E-state index in [1.165, 1.54) is 5.56 Å². The highest BCUT2D eigenvalue weighted by molar-refractivity contribution is 6.00. The highest BCUT2D eigenvalue weighted by atomic mass is 16.4. The Morgan fingerprint density at radius 2 is 1.57 bits per heavy atom. The molecule has 0 radical (unpaired) electrons. The lowest BCUT2D eigenvalue weighted by Gasteiger charge is -2.17. The van der Waals surface area contributed by atoms with Gasteiger partial charge in [0, 0.05) is 10.9 Å². The van der Waals surface area contributed by atoms with Crippen molar-refractivity contribution in [3.8, 4) is 22.4 Å². The fourth-order valence-electron chi connectivity index (χ4n) is 3.64. The molecule has 0 bridgehead atoms. The minimum Gasteiger partial charge on any atom is -0.481 e. The summed E-state index contributed by atoms with van der Waals surface area (Å²) in [7, 11) is 0. The van der Waals surface area contributed by atoms with Crippen molar-refractivity contribution in [1.82, 2.24) is 4.98 Å². The van der Waals surface area contributed by atoms with Crippen molar-refractivity contribution < 1.29 is 9.90 Å². The maximum atomic E-state index is 11.8. The van der Waals surface area contributed by atoms with Gasteiger partial charge in [-0.2, -0.15) is 0 Å². The van der Waals surface area contributed by atoms with E-state index in [-0.39, 0.29) is 6.42 Å². The molecular weight excluding hydrogens is 346 g/mol. The largest absolute Gasteiger partial charge is 0.481 e. The van der Waals surface area contributed by atoms with Crippen LogP contribution >= 0.6 is 0 Å². The third-order valence-electron chi connectivity index (χ3n) is 5.16. The van der Waals surface area contributed by atoms with Crippen LogP contribution < -0.4 is 0 Å². The van der Waals surface area contributed by atoms with Crippen LogP contribution in [0.1, 0.15) is 16.7 Å². The van der Waals surface area contributed by atoms with Crippen molar-refractivity contribution in [3.05, 3.63) is 89.5 Å². The van der Waals surface area contributed by atoms with E-state index in [4.69, 9.17) is 4.98 Å². The third-order valence-corrected chi connectivity index (χ3v) is 5.16. The molecule has 138 valence electrons. The predicted molar refractivity (Wildman–Crippen MR) is 113 cm³/mol. The van der Waals surface area contributed by atoms with Gasteiger partial charge in [0.25, 0.3) is 0 Å². The summed E-state index contributed by atoms with van der Waals surface area (Å²) in [4.78, 5) is 16.7. The summed E-state index contributed by atoms with van der Waals surface area (Å²) in [6.45, 7) is 4.13. The van der Waals surface area contributed by atoms with Gasteiger partial charge in [-0.3, -0.25) is 4.79 Å². The maximum Gasteiger partial charge on any atom is 0.307 e. The Bertz CT molecular complexity index is 1180. The van der Waals surface area contributed by atoms with E-state index >= 15 is 0 Å². The predicted octanol–water partition coefficient (Wildman–Crippen LogP) is 5.81. The Morgan fingerprint density at radius 3 is 2.29 bits per heavy atom. The number of benzene rings is 3. The van der Waals surface area contributed by atoms with E-state index in [1.54, 1.807) is 0 Å². The van der Waals surface area contributed by atoms with Crippen LogP contribution in [0.4, 0.5) is 0 Å². The first-order chi connectivity index (χ1) is 13.5. The second-order valence-electron chi connectivity index (χ2n) is 7.07. The zero-order valence-electron chi connectivity index (χ0n) is 15.9. The normalized spacial score (nSPS) is 10.9. The quantitative estimate of drug-likeness (QED) is 0.495. The number of aromatic nitrogens is 1. The zero-order chi connectivity index (χ0) is 19.7. The molecule has 0 unspecified atom stereocenters. The van der Waals surface area contributed by atoms with Gasteiger partial charge in [-0.15, -0.1) is 0 Å². The molecule has 4 rings (SSSR count). The van der Waals surface area contributed by atoms with Gasteiger partial charge in [0.05, 0.1) is 17.6 Å². The molecule has 0 atom stereocenters. The number of pyridine rings is 1. The lowest BCUT2D eigenvalue weighted by atomic mass is 9.90. The van der Waals surface area contributed by atoms with E-state index in [2.05, 4.69) is 26.0 Å². The van der Waals surface area contributed by atoms with Gasteiger partial charge >= 0.3 is 5.97 Å². The molecule has 0 fully saturated rings. The lowest BCUT2D eigenvalue weighted by Crippen LogP contribution is -2.06. The molecule has 4 aromatic rings. The molecule has 0 aliphatic carbocycles. The van der Waals surface area contributed by atoms with Crippen LogP contribution in [0.15, 0.2) is 72.8 Å². The topological polar surface area (TPSA) is 50.2 Å². The summed E-state index contributed by atoms with van der Waals surface area (Å²) in [6.07, 6.45) is -0.0790. The maximum absolute atomic E-state index is 11.8. The number of carbonyl (C=O) groups is 1. The molecule has 0 spiro atoms. The average molecular weight is 367 g/mol. The van der Waals surface area contributed by atoms with Gasteiger partial charge in [-0.25, -0.2) is 4.98 Å². The fourth-order valence-corrected chi connectivity index (χ4v) is 3.64. The van der Waals surface area contributed by atoms with Crippen molar-refractivity contribution in [2.45, 2.75) is 20.3 Å². The minimum atomic E-state index is -0.862. The number of rotatable bonds is 4. The van der Waals surface area contributed by atoms with Crippen LogP contribution in [0.5, 0.6) is 0 Å². The molecule has 1 aromatic heterocycles. The number of para-hydroxylation sites is 1. The summed E-state index contributed by atoms with van der Waals surface area (Å²) in [5.74, 6) is -0.862.